The number of nitrogens with zero attached hydrogens (tertiary/aromatic N) is 2. The smallest absolute Gasteiger partial charge is 0.321 e. The number of phenols is 1. The Morgan fingerprint density at radius 1 is 0.816 bits per heavy atom. The molecule has 7 heteroatoms. The maximum Gasteiger partial charge on any atom is 0.321 e. The predicted molar refractivity (Wildman–Crippen MR) is 201 cm³/mol. The van der Waals surface area contributed by atoms with E-state index in [4.69, 9.17) is 4.74 Å². The van der Waals surface area contributed by atoms with Gasteiger partial charge in [-0.25, -0.2) is 0 Å². The summed E-state index contributed by atoms with van der Waals surface area (Å²) in [6, 6.07) is 3.77. The van der Waals surface area contributed by atoms with Crippen molar-refractivity contribution in [1.29, 1.82) is 0 Å². The summed E-state index contributed by atoms with van der Waals surface area (Å²) in [5.41, 5.74) is -0.129. The van der Waals surface area contributed by atoms with E-state index in [0.29, 0.717) is 6.42 Å². The fraction of sp³-hybridized carbons (Fsp3) is 0.810. The van der Waals surface area contributed by atoms with Crippen molar-refractivity contribution < 1.29 is 24.5 Å². The Labute approximate surface area is 299 Å². The lowest BCUT2D eigenvalue weighted by molar-refractivity contribution is -0.228. The van der Waals surface area contributed by atoms with E-state index in [0.717, 1.165) is 48.8 Å². The highest BCUT2D eigenvalue weighted by molar-refractivity contribution is 5.94. The average molecular weight is 685 g/mol. The molecule has 2 aliphatic rings. The second kappa shape index (κ2) is 13.5. The molecule has 7 nitrogen and oxygen atoms in total. The van der Waals surface area contributed by atoms with E-state index in [9.17, 15) is 19.8 Å². The summed E-state index contributed by atoms with van der Waals surface area (Å²) in [7, 11) is 4.38. The third-order valence-corrected chi connectivity index (χ3v) is 13.3. The van der Waals surface area contributed by atoms with Crippen LogP contribution in [0.25, 0.3) is 0 Å². The maximum atomic E-state index is 14.8. The monoisotopic (exact) mass is 685 g/mol. The van der Waals surface area contributed by atoms with Crippen molar-refractivity contribution in [2.24, 2.45) is 17.8 Å². The SMILES string of the molecule is CCCC(OC(=O)C(Cc1cc(C(C)(C)C)c(O)c(C(C)(C)C)c1)C(=O)O)(C1CCC(C)(C)N(C)C1(C)C)C1CCC(C)(C)N(C)C1(C)C. The van der Waals surface area contributed by atoms with Gasteiger partial charge in [-0.15, -0.1) is 0 Å². The number of benzene rings is 1. The van der Waals surface area contributed by atoms with Gasteiger partial charge in [-0.3, -0.25) is 19.4 Å². The first-order valence-corrected chi connectivity index (χ1v) is 18.8. The number of rotatable bonds is 9. The Bertz CT molecular complexity index is 1300. The predicted octanol–water partition coefficient (Wildman–Crippen LogP) is 9.11. The van der Waals surface area contributed by atoms with Crippen molar-refractivity contribution in [2.45, 2.75) is 187 Å². The molecular formula is C42H72N2O5. The van der Waals surface area contributed by atoms with Gasteiger partial charge in [-0.05, 0) is 136 Å². The zero-order valence-corrected chi connectivity index (χ0v) is 34.4. The summed E-state index contributed by atoms with van der Waals surface area (Å²) >= 11 is 0. The van der Waals surface area contributed by atoms with Crippen molar-refractivity contribution >= 4 is 11.9 Å². The number of hydrogen-bond donors (Lipinski definition) is 2. The number of ether oxygens (including phenoxy) is 1. The molecule has 1 aromatic rings. The number of piperidine rings is 2. The molecule has 0 amide bonds. The topological polar surface area (TPSA) is 90.3 Å². The van der Waals surface area contributed by atoms with E-state index in [1.165, 1.54) is 0 Å². The number of phenolic OH excluding ortho intramolecular Hbond substituents is 1. The Kier molecular flexibility index (Phi) is 11.3. The highest BCUT2D eigenvalue weighted by atomic mass is 16.6. The molecule has 0 bridgehead atoms. The molecule has 3 atom stereocenters. The number of hydrogen-bond acceptors (Lipinski definition) is 6. The highest BCUT2D eigenvalue weighted by Crippen LogP contribution is 2.57. The van der Waals surface area contributed by atoms with Gasteiger partial charge < -0.3 is 14.9 Å². The van der Waals surface area contributed by atoms with E-state index in [2.05, 4.69) is 86.2 Å². The van der Waals surface area contributed by atoms with Crippen LogP contribution in [-0.2, 0) is 31.6 Å². The van der Waals surface area contributed by atoms with Gasteiger partial charge >= 0.3 is 11.9 Å². The Hall–Kier alpha value is -2.12. The van der Waals surface area contributed by atoms with Crippen LogP contribution < -0.4 is 0 Å². The minimum atomic E-state index is -1.39. The van der Waals surface area contributed by atoms with Gasteiger partial charge in [-0.2, -0.15) is 0 Å². The summed E-state index contributed by atoms with van der Waals surface area (Å²) in [5, 5.41) is 22.1. The number of likely N-dealkylation sites (tertiary alicyclic amines) is 2. The number of esters is 1. The van der Waals surface area contributed by atoms with Gasteiger partial charge in [0.1, 0.15) is 11.4 Å². The summed E-state index contributed by atoms with van der Waals surface area (Å²) < 4.78 is 7.05. The van der Waals surface area contributed by atoms with Gasteiger partial charge in [0.25, 0.3) is 0 Å². The van der Waals surface area contributed by atoms with Crippen LogP contribution in [0.2, 0.25) is 0 Å². The van der Waals surface area contributed by atoms with Gasteiger partial charge in [0, 0.05) is 34.0 Å². The van der Waals surface area contributed by atoms with Crippen LogP contribution in [0.1, 0.15) is 159 Å². The van der Waals surface area contributed by atoms with Crippen LogP contribution in [0.5, 0.6) is 5.75 Å². The summed E-state index contributed by atoms with van der Waals surface area (Å²) in [6.45, 7) is 32.7. The first-order valence-electron chi connectivity index (χ1n) is 18.8. The van der Waals surface area contributed by atoms with Gasteiger partial charge in [0.2, 0.25) is 0 Å². The van der Waals surface area contributed by atoms with E-state index in [1.807, 2.05) is 53.7 Å². The van der Waals surface area contributed by atoms with Crippen LogP contribution in [0, 0.1) is 17.8 Å². The van der Waals surface area contributed by atoms with Crippen molar-refractivity contribution in [3.63, 3.8) is 0 Å². The molecule has 2 aliphatic heterocycles. The lowest BCUT2D eigenvalue weighted by atomic mass is 9.55. The van der Waals surface area contributed by atoms with Crippen LogP contribution in [0.3, 0.4) is 0 Å². The molecule has 2 heterocycles. The summed E-state index contributed by atoms with van der Waals surface area (Å²) in [4.78, 5) is 32.8. The van der Waals surface area contributed by atoms with Gasteiger partial charge in [-0.1, -0.05) is 67.0 Å². The molecule has 280 valence electrons. The third-order valence-electron chi connectivity index (χ3n) is 13.3. The average Bonchev–Trinajstić information content (AvgIpc) is 2.92. The van der Waals surface area contributed by atoms with E-state index >= 15 is 0 Å². The molecule has 0 spiro atoms. The number of carboxylic acids is 1. The van der Waals surface area contributed by atoms with Gasteiger partial charge in [0.05, 0.1) is 0 Å². The Morgan fingerprint density at radius 2 is 1.20 bits per heavy atom. The molecule has 0 aliphatic carbocycles. The maximum absolute atomic E-state index is 14.8. The number of aliphatic carboxylic acids is 1. The van der Waals surface area contributed by atoms with Gasteiger partial charge in [0.15, 0.2) is 5.92 Å². The number of carboxylic acid groups (broad SMARTS) is 1. The normalized spacial score (nSPS) is 26.1. The van der Waals surface area contributed by atoms with Crippen molar-refractivity contribution in [2.75, 3.05) is 14.1 Å². The number of carbonyl (C=O) groups excluding carboxylic acids is 1. The van der Waals surface area contributed by atoms with Crippen LogP contribution in [0.15, 0.2) is 12.1 Å². The molecule has 0 aromatic heterocycles. The standard InChI is InChI=1S/C42H72N2O5/c1-18-21-42(31-19-22-38(8,9)43(16)40(31,12)13,32-20-23-39(10,11)44(17)41(32,14)15)49-35(48)28(34(46)47)24-27-25-29(36(2,3)4)33(45)30(26-27)37(5,6)7/h25-26,28,31-32,45H,18-24H2,1-17H3,(H,46,47). The molecule has 2 fully saturated rings. The second-order valence-corrected chi connectivity index (χ2v) is 20.0. The first-order chi connectivity index (χ1) is 22.0. The van der Waals surface area contributed by atoms with E-state index in [-0.39, 0.29) is 57.0 Å². The zero-order chi connectivity index (χ0) is 37.9. The minimum absolute atomic E-state index is 0.00913. The molecule has 2 saturated heterocycles. The number of aromatic hydroxyl groups is 1. The molecular weight excluding hydrogens is 612 g/mol. The molecule has 0 saturated carbocycles. The van der Waals surface area contributed by atoms with E-state index in [1.54, 1.807) is 0 Å². The summed E-state index contributed by atoms with van der Waals surface area (Å²) in [5.74, 6) is -3.01. The van der Waals surface area contributed by atoms with Crippen molar-refractivity contribution in [3.8, 4) is 5.75 Å². The third kappa shape index (κ3) is 7.73. The van der Waals surface area contributed by atoms with Crippen molar-refractivity contribution in [1.82, 2.24) is 9.80 Å². The molecule has 49 heavy (non-hydrogen) atoms. The quantitative estimate of drug-likeness (QED) is 0.198. The molecule has 3 unspecified atom stereocenters. The number of carbonyl (C=O) groups is 2. The molecule has 0 radical (unpaired) electrons. The summed E-state index contributed by atoms with van der Waals surface area (Å²) in [6.07, 6.45) is 5.15. The molecule has 3 rings (SSSR count). The molecule has 1 aromatic carbocycles. The fourth-order valence-corrected chi connectivity index (χ4v) is 9.65. The van der Waals surface area contributed by atoms with Crippen LogP contribution >= 0.6 is 0 Å². The Morgan fingerprint density at radius 3 is 1.53 bits per heavy atom. The lowest BCUT2D eigenvalue weighted by Crippen LogP contribution is -2.72. The molecule has 2 N–H and O–H groups in total. The largest absolute Gasteiger partial charge is 0.507 e. The minimum Gasteiger partial charge on any atom is -0.507 e. The van der Waals surface area contributed by atoms with E-state index < -0.39 is 23.5 Å². The van der Waals surface area contributed by atoms with Crippen molar-refractivity contribution in [3.05, 3.63) is 28.8 Å². The fourth-order valence-electron chi connectivity index (χ4n) is 9.65. The zero-order valence-electron chi connectivity index (χ0n) is 34.4. The second-order valence-electron chi connectivity index (χ2n) is 20.0. The van der Waals surface area contributed by atoms with Crippen LogP contribution in [-0.4, -0.2) is 73.8 Å². The lowest BCUT2D eigenvalue weighted by Gasteiger charge is -2.65. The first kappa shape index (κ1) is 41.3. The van der Waals surface area contributed by atoms with Crippen LogP contribution in [0.4, 0.5) is 0 Å². The highest BCUT2D eigenvalue weighted by Gasteiger charge is 2.63. The Balaban J connectivity index is 2.24.